The predicted molar refractivity (Wildman–Crippen MR) is 82.3 cm³/mol. The highest BCUT2D eigenvalue weighted by molar-refractivity contribution is 5.32. The van der Waals surface area contributed by atoms with Crippen LogP contribution in [0.5, 0.6) is 0 Å². The Morgan fingerprint density at radius 3 is 2.16 bits per heavy atom. The molecule has 2 atom stereocenters. The summed E-state index contributed by atoms with van der Waals surface area (Å²) in [4.78, 5) is 0. The maximum atomic E-state index is 15.0. The molecule has 2 unspecified atom stereocenters. The van der Waals surface area contributed by atoms with Crippen LogP contribution in [0.4, 0.5) is 4.39 Å². The lowest BCUT2D eigenvalue weighted by molar-refractivity contribution is 0.139. The molecular formula is C18H29F. The molecule has 0 aliphatic rings. The monoisotopic (exact) mass is 264 g/mol. The number of hydrogen-bond donors (Lipinski definition) is 0. The summed E-state index contributed by atoms with van der Waals surface area (Å²) in [5, 5.41) is 0. The maximum absolute atomic E-state index is 15.0. The zero-order chi connectivity index (χ0) is 14.5. The van der Waals surface area contributed by atoms with Crippen molar-refractivity contribution in [1.29, 1.82) is 0 Å². The number of halogens is 1. The van der Waals surface area contributed by atoms with Crippen LogP contribution in [0, 0.1) is 19.8 Å². The summed E-state index contributed by atoms with van der Waals surface area (Å²) in [5.41, 5.74) is 1.95. The molecule has 0 fully saturated rings. The Bertz CT molecular complexity index is 372. The molecule has 1 aromatic carbocycles. The van der Waals surface area contributed by atoms with Gasteiger partial charge in [0.2, 0.25) is 0 Å². The van der Waals surface area contributed by atoms with Gasteiger partial charge in [0.1, 0.15) is 5.67 Å². The van der Waals surface area contributed by atoms with Gasteiger partial charge in [-0.05, 0) is 38.7 Å². The molecule has 0 amide bonds. The molecule has 0 aliphatic heterocycles. The summed E-state index contributed by atoms with van der Waals surface area (Å²) in [6.07, 6.45) is 5.28. The van der Waals surface area contributed by atoms with Crippen LogP contribution >= 0.6 is 0 Å². The fourth-order valence-corrected chi connectivity index (χ4v) is 2.88. The third-order valence-corrected chi connectivity index (χ3v) is 4.04. The largest absolute Gasteiger partial charge is 0.239 e. The lowest BCUT2D eigenvalue weighted by Crippen LogP contribution is -2.20. The molecule has 0 aliphatic carbocycles. The number of rotatable bonds is 7. The highest BCUT2D eigenvalue weighted by atomic mass is 19.1. The SMILES string of the molecule is CCCCC(CC)CC(C)(F)c1cc(C)cc(C)c1. The van der Waals surface area contributed by atoms with Crippen molar-refractivity contribution in [1.82, 2.24) is 0 Å². The summed E-state index contributed by atoms with van der Waals surface area (Å²) in [6.45, 7) is 10.2. The van der Waals surface area contributed by atoms with Crippen LogP contribution in [0.1, 0.15) is 69.6 Å². The van der Waals surface area contributed by atoms with E-state index < -0.39 is 5.67 Å². The molecule has 1 heteroatoms. The van der Waals surface area contributed by atoms with Gasteiger partial charge >= 0.3 is 0 Å². The minimum Gasteiger partial charge on any atom is -0.239 e. The molecule has 0 saturated carbocycles. The smallest absolute Gasteiger partial charge is 0.133 e. The minimum absolute atomic E-state index is 0.496. The first-order chi connectivity index (χ1) is 8.89. The van der Waals surface area contributed by atoms with Gasteiger partial charge in [0.25, 0.3) is 0 Å². The minimum atomic E-state index is -1.20. The topological polar surface area (TPSA) is 0 Å². The Morgan fingerprint density at radius 1 is 1.11 bits per heavy atom. The van der Waals surface area contributed by atoms with E-state index in [0.29, 0.717) is 12.3 Å². The van der Waals surface area contributed by atoms with Crippen molar-refractivity contribution in [3.05, 3.63) is 34.9 Å². The first kappa shape index (κ1) is 16.2. The van der Waals surface area contributed by atoms with Gasteiger partial charge in [-0.2, -0.15) is 0 Å². The third-order valence-electron chi connectivity index (χ3n) is 4.04. The van der Waals surface area contributed by atoms with Crippen molar-refractivity contribution in [2.45, 2.75) is 72.4 Å². The van der Waals surface area contributed by atoms with Crippen molar-refractivity contribution in [3.8, 4) is 0 Å². The van der Waals surface area contributed by atoms with Crippen molar-refractivity contribution >= 4 is 0 Å². The average Bonchev–Trinajstić information content (AvgIpc) is 2.33. The molecule has 0 heterocycles. The van der Waals surface area contributed by atoms with E-state index in [1.807, 2.05) is 26.0 Å². The second kappa shape index (κ2) is 7.07. The van der Waals surface area contributed by atoms with Gasteiger partial charge in [0.15, 0.2) is 0 Å². The second-order valence-electron chi connectivity index (χ2n) is 6.19. The van der Waals surface area contributed by atoms with Gasteiger partial charge in [-0.25, -0.2) is 4.39 Å². The Kier molecular flexibility index (Phi) is 6.03. The van der Waals surface area contributed by atoms with E-state index >= 15 is 4.39 Å². The van der Waals surface area contributed by atoms with Crippen LogP contribution in [0.15, 0.2) is 18.2 Å². The summed E-state index contributed by atoms with van der Waals surface area (Å²) < 4.78 is 15.0. The molecule has 108 valence electrons. The lowest BCUT2D eigenvalue weighted by Gasteiger charge is -2.27. The second-order valence-corrected chi connectivity index (χ2v) is 6.19. The number of hydrogen-bond acceptors (Lipinski definition) is 0. The molecule has 0 radical (unpaired) electrons. The van der Waals surface area contributed by atoms with Gasteiger partial charge in [-0.15, -0.1) is 0 Å². The Balaban J connectivity index is 2.83. The predicted octanol–water partition coefficient (Wildman–Crippen LogP) is 6.09. The number of alkyl halides is 1. The summed E-state index contributed by atoms with van der Waals surface area (Å²) in [5.74, 6) is 0.496. The van der Waals surface area contributed by atoms with E-state index in [1.165, 1.54) is 12.8 Å². The van der Waals surface area contributed by atoms with E-state index in [9.17, 15) is 0 Å². The van der Waals surface area contributed by atoms with Gasteiger partial charge in [0.05, 0.1) is 0 Å². The highest BCUT2D eigenvalue weighted by Gasteiger charge is 2.29. The first-order valence-corrected chi connectivity index (χ1v) is 7.66. The van der Waals surface area contributed by atoms with Crippen LogP contribution in [0.25, 0.3) is 0 Å². The Morgan fingerprint density at radius 2 is 1.68 bits per heavy atom. The molecule has 0 nitrogen and oxygen atoms in total. The highest BCUT2D eigenvalue weighted by Crippen LogP contribution is 2.36. The van der Waals surface area contributed by atoms with Crippen LogP contribution < -0.4 is 0 Å². The fraction of sp³-hybridized carbons (Fsp3) is 0.667. The molecule has 0 spiro atoms. The van der Waals surface area contributed by atoms with Crippen molar-refractivity contribution in [3.63, 3.8) is 0 Å². The molecule has 1 aromatic rings. The van der Waals surface area contributed by atoms with E-state index in [2.05, 4.69) is 19.9 Å². The molecule has 0 bridgehead atoms. The molecule has 19 heavy (non-hydrogen) atoms. The van der Waals surface area contributed by atoms with Crippen LogP contribution in [-0.4, -0.2) is 0 Å². The zero-order valence-electron chi connectivity index (χ0n) is 13.2. The van der Waals surface area contributed by atoms with Gasteiger partial charge < -0.3 is 0 Å². The van der Waals surface area contributed by atoms with Crippen LogP contribution in [-0.2, 0) is 5.67 Å². The number of unbranched alkanes of at least 4 members (excludes halogenated alkanes) is 1. The standard InChI is InChI=1S/C18H29F/c1-6-8-9-16(7-2)13-18(5,19)17-11-14(3)10-15(4)12-17/h10-12,16H,6-9,13H2,1-5H3. The molecule has 0 N–H and O–H groups in total. The zero-order valence-corrected chi connectivity index (χ0v) is 13.2. The quantitative estimate of drug-likeness (QED) is 0.558. The number of aryl methyl sites for hydroxylation is 2. The normalized spacial score (nSPS) is 16.1. The van der Waals surface area contributed by atoms with E-state index in [1.54, 1.807) is 6.92 Å². The van der Waals surface area contributed by atoms with Gasteiger partial charge in [-0.1, -0.05) is 68.9 Å². The first-order valence-electron chi connectivity index (χ1n) is 7.66. The van der Waals surface area contributed by atoms with Gasteiger partial charge in [-0.3, -0.25) is 0 Å². The Hall–Kier alpha value is -0.850. The van der Waals surface area contributed by atoms with Gasteiger partial charge in [0, 0.05) is 0 Å². The van der Waals surface area contributed by atoms with Crippen molar-refractivity contribution in [2.24, 2.45) is 5.92 Å². The summed E-state index contributed by atoms with van der Waals surface area (Å²) in [6, 6.07) is 6.10. The van der Waals surface area contributed by atoms with Crippen molar-refractivity contribution in [2.75, 3.05) is 0 Å². The van der Waals surface area contributed by atoms with E-state index in [-0.39, 0.29) is 0 Å². The van der Waals surface area contributed by atoms with E-state index in [0.717, 1.165) is 29.5 Å². The molecule has 0 saturated heterocycles. The Labute approximate surface area is 118 Å². The van der Waals surface area contributed by atoms with Crippen LogP contribution in [0.3, 0.4) is 0 Å². The van der Waals surface area contributed by atoms with Crippen molar-refractivity contribution < 1.29 is 4.39 Å². The number of benzene rings is 1. The molecular weight excluding hydrogens is 235 g/mol. The van der Waals surface area contributed by atoms with E-state index in [4.69, 9.17) is 0 Å². The average molecular weight is 264 g/mol. The molecule has 1 rings (SSSR count). The maximum Gasteiger partial charge on any atom is 0.133 e. The lowest BCUT2D eigenvalue weighted by atomic mass is 9.83. The summed E-state index contributed by atoms with van der Waals surface area (Å²) in [7, 11) is 0. The fourth-order valence-electron chi connectivity index (χ4n) is 2.88. The third kappa shape index (κ3) is 4.97. The molecule has 0 aromatic heterocycles. The summed E-state index contributed by atoms with van der Waals surface area (Å²) >= 11 is 0. The van der Waals surface area contributed by atoms with Crippen LogP contribution in [0.2, 0.25) is 0 Å².